The van der Waals surface area contributed by atoms with Gasteiger partial charge in [-0.15, -0.1) is 0 Å². The van der Waals surface area contributed by atoms with Gasteiger partial charge in [0.2, 0.25) is 0 Å². The molecule has 20 heavy (non-hydrogen) atoms. The molecule has 0 aliphatic rings. The minimum absolute atomic E-state index is 0.126. The Bertz CT molecular complexity index is 582. The summed E-state index contributed by atoms with van der Waals surface area (Å²) in [5.74, 6) is 1.44. The van der Waals surface area contributed by atoms with Crippen molar-refractivity contribution >= 4 is 27.5 Å². The second kappa shape index (κ2) is 6.70. The smallest absolute Gasteiger partial charge is 0.138 e. The second-order valence-electron chi connectivity index (χ2n) is 5.24. The van der Waals surface area contributed by atoms with Crippen LogP contribution in [0.5, 0.6) is 0 Å². The molecule has 2 rings (SSSR count). The fraction of sp³-hybridized carbons (Fsp3) is 0.429. The Balaban J connectivity index is 2.13. The predicted octanol–water partition coefficient (Wildman–Crippen LogP) is 3.59. The standard InChI is InChI=1S/C14H18BrClN4/c1-9(2)7-20-14(18-8-19-20)6-13(17)10-3-4-12(16)11(15)5-10/h3-5,8-9,13H,6-7,17H2,1-2H3. The summed E-state index contributed by atoms with van der Waals surface area (Å²) in [5.41, 5.74) is 7.29. The summed E-state index contributed by atoms with van der Waals surface area (Å²) < 4.78 is 2.78. The first-order chi connectivity index (χ1) is 9.47. The van der Waals surface area contributed by atoms with E-state index < -0.39 is 0 Å². The van der Waals surface area contributed by atoms with Crippen LogP contribution in [0.15, 0.2) is 29.0 Å². The third-order valence-corrected chi connectivity index (χ3v) is 4.22. The van der Waals surface area contributed by atoms with E-state index in [0.717, 1.165) is 22.4 Å². The lowest BCUT2D eigenvalue weighted by Gasteiger charge is -2.14. The highest BCUT2D eigenvalue weighted by molar-refractivity contribution is 9.10. The van der Waals surface area contributed by atoms with E-state index in [1.807, 2.05) is 22.9 Å². The molecule has 1 heterocycles. The van der Waals surface area contributed by atoms with Crippen LogP contribution in [0.25, 0.3) is 0 Å². The number of aromatic nitrogens is 3. The Hall–Kier alpha value is -0.910. The third-order valence-electron chi connectivity index (χ3n) is 3.01. The van der Waals surface area contributed by atoms with Crippen molar-refractivity contribution in [2.45, 2.75) is 32.9 Å². The van der Waals surface area contributed by atoms with Gasteiger partial charge >= 0.3 is 0 Å². The molecule has 1 aromatic heterocycles. The first kappa shape index (κ1) is 15.5. The molecule has 0 aliphatic heterocycles. The van der Waals surface area contributed by atoms with E-state index in [9.17, 15) is 0 Å². The SMILES string of the molecule is CC(C)Cn1ncnc1CC(N)c1ccc(Cl)c(Br)c1. The molecule has 1 aromatic carbocycles. The van der Waals surface area contributed by atoms with Crippen LogP contribution in [-0.2, 0) is 13.0 Å². The van der Waals surface area contributed by atoms with Crippen molar-refractivity contribution in [1.82, 2.24) is 14.8 Å². The lowest BCUT2D eigenvalue weighted by atomic mass is 10.0. The molecule has 0 bridgehead atoms. The molecule has 4 nitrogen and oxygen atoms in total. The van der Waals surface area contributed by atoms with Crippen LogP contribution in [-0.4, -0.2) is 14.8 Å². The molecule has 6 heteroatoms. The van der Waals surface area contributed by atoms with Gasteiger partial charge in [0.15, 0.2) is 0 Å². The summed E-state index contributed by atoms with van der Waals surface area (Å²) in [7, 11) is 0. The van der Waals surface area contributed by atoms with Crippen molar-refractivity contribution in [3.8, 4) is 0 Å². The Kier molecular flexibility index (Phi) is 5.18. The number of halogens is 2. The van der Waals surface area contributed by atoms with E-state index in [0.29, 0.717) is 17.4 Å². The number of rotatable bonds is 5. The van der Waals surface area contributed by atoms with Gasteiger partial charge in [0.1, 0.15) is 12.2 Å². The summed E-state index contributed by atoms with van der Waals surface area (Å²) >= 11 is 9.42. The van der Waals surface area contributed by atoms with E-state index in [-0.39, 0.29) is 6.04 Å². The van der Waals surface area contributed by atoms with Crippen LogP contribution in [0.2, 0.25) is 5.02 Å². The zero-order valence-electron chi connectivity index (χ0n) is 11.6. The van der Waals surface area contributed by atoms with Crippen molar-refractivity contribution in [1.29, 1.82) is 0 Å². The number of benzene rings is 1. The van der Waals surface area contributed by atoms with Crippen LogP contribution in [0.4, 0.5) is 0 Å². The van der Waals surface area contributed by atoms with Crippen LogP contribution < -0.4 is 5.73 Å². The maximum atomic E-state index is 6.26. The minimum Gasteiger partial charge on any atom is -0.324 e. The van der Waals surface area contributed by atoms with Crippen molar-refractivity contribution in [3.05, 3.63) is 45.4 Å². The molecule has 0 radical (unpaired) electrons. The maximum Gasteiger partial charge on any atom is 0.138 e. The number of nitrogens with two attached hydrogens (primary N) is 1. The molecule has 0 amide bonds. The average Bonchev–Trinajstić information content (AvgIpc) is 2.79. The molecule has 0 saturated heterocycles. The van der Waals surface area contributed by atoms with Crippen LogP contribution in [0.1, 0.15) is 31.3 Å². The molecule has 2 N–H and O–H groups in total. The van der Waals surface area contributed by atoms with Gasteiger partial charge in [-0.2, -0.15) is 5.10 Å². The van der Waals surface area contributed by atoms with Crippen LogP contribution in [0.3, 0.4) is 0 Å². The lowest BCUT2D eigenvalue weighted by molar-refractivity contribution is 0.459. The van der Waals surface area contributed by atoms with Crippen molar-refractivity contribution in [3.63, 3.8) is 0 Å². The van der Waals surface area contributed by atoms with E-state index in [2.05, 4.69) is 39.9 Å². The Morgan fingerprint density at radius 1 is 1.40 bits per heavy atom. The normalized spacial score (nSPS) is 12.9. The van der Waals surface area contributed by atoms with Crippen molar-refractivity contribution in [2.24, 2.45) is 11.7 Å². The average molecular weight is 358 g/mol. The van der Waals surface area contributed by atoms with Gasteiger partial charge in [0.05, 0.1) is 5.02 Å². The Morgan fingerprint density at radius 2 is 2.15 bits per heavy atom. The van der Waals surface area contributed by atoms with Gasteiger partial charge in [-0.05, 0) is 39.5 Å². The monoisotopic (exact) mass is 356 g/mol. The first-order valence-corrected chi connectivity index (χ1v) is 7.71. The molecule has 2 aromatic rings. The Morgan fingerprint density at radius 3 is 2.80 bits per heavy atom. The molecular weight excluding hydrogens is 340 g/mol. The topological polar surface area (TPSA) is 56.7 Å². The largest absolute Gasteiger partial charge is 0.324 e. The highest BCUT2D eigenvalue weighted by atomic mass is 79.9. The maximum absolute atomic E-state index is 6.26. The number of hydrogen-bond donors (Lipinski definition) is 1. The molecule has 0 spiro atoms. The molecular formula is C14H18BrClN4. The van der Waals surface area contributed by atoms with E-state index in [4.69, 9.17) is 17.3 Å². The van der Waals surface area contributed by atoms with E-state index >= 15 is 0 Å². The fourth-order valence-corrected chi connectivity index (χ4v) is 2.52. The first-order valence-electron chi connectivity index (χ1n) is 6.54. The second-order valence-corrected chi connectivity index (χ2v) is 6.50. The summed E-state index contributed by atoms with van der Waals surface area (Å²) in [6.45, 7) is 5.16. The number of hydrogen-bond acceptors (Lipinski definition) is 3. The molecule has 108 valence electrons. The summed E-state index contributed by atoms with van der Waals surface area (Å²) in [6, 6.07) is 5.62. The highest BCUT2D eigenvalue weighted by Crippen LogP contribution is 2.26. The van der Waals surface area contributed by atoms with Gasteiger partial charge in [-0.25, -0.2) is 9.67 Å². The molecule has 0 aliphatic carbocycles. The lowest BCUT2D eigenvalue weighted by Crippen LogP contribution is -2.18. The predicted molar refractivity (Wildman–Crippen MR) is 84.6 cm³/mol. The summed E-state index contributed by atoms with van der Waals surface area (Å²) in [4.78, 5) is 4.31. The summed E-state index contributed by atoms with van der Waals surface area (Å²) in [6.07, 6.45) is 2.24. The summed E-state index contributed by atoms with van der Waals surface area (Å²) in [5, 5.41) is 4.94. The zero-order chi connectivity index (χ0) is 14.7. The van der Waals surface area contributed by atoms with Gasteiger partial charge in [-0.3, -0.25) is 0 Å². The molecule has 1 atom stereocenters. The van der Waals surface area contributed by atoms with Gasteiger partial charge < -0.3 is 5.73 Å². The van der Waals surface area contributed by atoms with Crippen LogP contribution in [0, 0.1) is 5.92 Å². The van der Waals surface area contributed by atoms with Gasteiger partial charge in [0, 0.05) is 23.5 Å². The minimum atomic E-state index is -0.126. The fourth-order valence-electron chi connectivity index (χ4n) is 2.00. The highest BCUT2D eigenvalue weighted by Gasteiger charge is 2.13. The van der Waals surface area contributed by atoms with Crippen molar-refractivity contribution < 1.29 is 0 Å². The van der Waals surface area contributed by atoms with E-state index in [1.165, 1.54) is 0 Å². The van der Waals surface area contributed by atoms with E-state index in [1.54, 1.807) is 6.33 Å². The molecule has 1 unspecified atom stereocenters. The quantitative estimate of drug-likeness (QED) is 0.889. The zero-order valence-corrected chi connectivity index (χ0v) is 13.9. The molecule has 0 fully saturated rings. The van der Waals surface area contributed by atoms with Crippen LogP contribution >= 0.6 is 27.5 Å². The molecule has 0 saturated carbocycles. The van der Waals surface area contributed by atoms with Gasteiger partial charge in [0.25, 0.3) is 0 Å². The van der Waals surface area contributed by atoms with Gasteiger partial charge in [-0.1, -0.05) is 31.5 Å². The third kappa shape index (κ3) is 3.81. The van der Waals surface area contributed by atoms with Crippen molar-refractivity contribution in [2.75, 3.05) is 0 Å². The number of nitrogens with zero attached hydrogens (tertiary/aromatic N) is 3. The Labute approximate surface area is 132 Å².